The van der Waals surface area contributed by atoms with Crippen LogP contribution in [0.3, 0.4) is 0 Å². The van der Waals surface area contributed by atoms with Gasteiger partial charge >= 0.3 is 7.25 Å². The van der Waals surface area contributed by atoms with Gasteiger partial charge in [0.25, 0.3) is 0 Å². The second-order valence-corrected chi connectivity index (χ2v) is 8.15. The van der Waals surface area contributed by atoms with Gasteiger partial charge in [0.2, 0.25) is 0 Å². The number of hydrogen-bond acceptors (Lipinski definition) is 0. The van der Waals surface area contributed by atoms with Crippen LogP contribution >= 0.6 is 0 Å². The summed E-state index contributed by atoms with van der Waals surface area (Å²) in [6.07, 6.45) is 6.64. The van der Waals surface area contributed by atoms with E-state index in [0.29, 0.717) is 0 Å². The van der Waals surface area contributed by atoms with Crippen molar-refractivity contribution in [2.24, 2.45) is 0 Å². The minimum absolute atomic E-state index is 0. The molecule has 0 saturated carbocycles. The monoisotopic (exact) mass is 668 g/mol. The van der Waals surface area contributed by atoms with E-state index in [2.05, 4.69) is 41.5 Å². The Balaban J connectivity index is 0.000000286. The third kappa shape index (κ3) is 6.19. The third-order valence-electron chi connectivity index (χ3n) is 6.43. The zero-order valence-corrected chi connectivity index (χ0v) is 21.8. The summed E-state index contributed by atoms with van der Waals surface area (Å²) in [6.45, 7) is 13.3. The van der Waals surface area contributed by atoms with Crippen molar-refractivity contribution in [3.05, 3.63) is 92.1 Å². The zero-order valence-electron chi connectivity index (χ0n) is 19.4. The number of benzene rings is 2. The van der Waals surface area contributed by atoms with Crippen LogP contribution in [0.5, 0.6) is 0 Å². The fourth-order valence-corrected chi connectivity index (χ4v) is 4.00. The van der Waals surface area contributed by atoms with Crippen LogP contribution in [0, 0.1) is 64.8 Å². The van der Waals surface area contributed by atoms with E-state index in [4.69, 9.17) is 0 Å². The Bertz CT molecular complexity index is 964. The second-order valence-electron chi connectivity index (χ2n) is 8.15. The van der Waals surface area contributed by atoms with Gasteiger partial charge in [-0.2, -0.15) is 0 Å². The number of allylic oxidation sites excluding steroid dienone is 4. The summed E-state index contributed by atoms with van der Waals surface area (Å²) >= 11 is 0. The van der Waals surface area contributed by atoms with Gasteiger partial charge in [0.15, 0.2) is 23.3 Å². The van der Waals surface area contributed by atoms with Crippen molar-refractivity contribution in [3.8, 4) is 0 Å². The van der Waals surface area contributed by atoms with Gasteiger partial charge < -0.3 is 17.3 Å². The molecule has 34 heavy (non-hydrogen) atoms. The van der Waals surface area contributed by atoms with Crippen molar-refractivity contribution >= 4 is 7.25 Å². The molecule has 3 aliphatic carbocycles. The summed E-state index contributed by atoms with van der Waals surface area (Å²) in [7, 11) is -6.00. The molecule has 0 aliphatic heterocycles. The number of hydrogen-bond donors (Lipinski definition) is 0. The van der Waals surface area contributed by atoms with Gasteiger partial charge in [-0.05, 0) is 74.9 Å². The average Bonchev–Trinajstić information content (AvgIpc) is 2.77. The van der Waals surface area contributed by atoms with E-state index in [9.17, 15) is 34.8 Å². The Morgan fingerprint density at radius 2 is 0.647 bits per heavy atom. The first-order valence-electron chi connectivity index (χ1n) is 10.2. The first-order valence-corrected chi connectivity index (χ1v) is 10.2. The first-order chi connectivity index (χ1) is 15.1. The van der Waals surface area contributed by atoms with Crippen LogP contribution in [0.1, 0.15) is 56.3 Å². The van der Waals surface area contributed by atoms with E-state index in [-0.39, 0.29) is 31.2 Å². The van der Waals surface area contributed by atoms with Crippen LogP contribution in [-0.2, 0) is 20.1 Å². The molecule has 0 spiro atoms. The molecule has 3 aliphatic rings. The van der Waals surface area contributed by atoms with Crippen LogP contribution in [0.4, 0.5) is 34.8 Å². The normalized spacial score (nSPS) is 17.2. The third-order valence-corrected chi connectivity index (χ3v) is 6.43. The van der Waals surface area contributed by atoms with Gasteiger partial charge in [0.05, 0.1) is 0 Å². The standard InChI is InChI=1S/C12H6F4.C12H18.BF4.Ir/c13-9-7-5-1-2-6(4-3-5)8(7)10(14)12(16)11(9)15;1-7-8(2)10(4)12(6)11(5)9(7)3;2-1(3,4)5;/h1-6H;1-6H3;;/q;;-1;. The molecule has 0 fully saturated rings. The molecule has 2 aromatic carbocycles. The van der Waals surface area contributed by atoms with E-state index >= 15 is 0 Å². The number of rotatable bonds is 0. The maximum atomic E-state index is 13.5. The van der Waals surface area contributed by atoms with E-state index in [1.807, 2.05) is 0 Å². The van der Waals surface area contributed by atoms with Crippen molar-refractivity contribution < 1.29 is 54.9 Å². The van der Waals surface area contributed by atoms with Gasteiger partial charge in [0, 0.05) is 43.1 Å². The van der Waals surface area contributed by atoms with Crippen molar-refractivity contribution in [2.45, 2.75) is 53.4 Å². The zero-order chi connectivity index (χ0) is 25.4. The Kier molecular flexibility index (Phi) is 9.92. The fourth-order valence-electron chi connectivity index (χ4n) is 4.00. The average molecular weight is 667 g/mol. The molecule has 0 aromatic heterocycles. The fraction of sp³-hybridized carbons (Fsp3) is 0.333. The van der Waals surface area contributed by atoms with E-state index < -0.39 is 42.4 Å². The predicted molar refractivity (Wildman–Crippen MR) is 115 cm³/mol. The Hall–Kier alpha value is -1.93. The summed E-state index contributed by atoms with van der Waals surface area (Å²) in [6, 6.07) is 0. The molecule has 0 heterocycles. The molecule has 0 unspecified atom stereocenters. The van der Waals surface area contributed by atoms with Crippen LogP contribution < -0.4 is 0 Å². The van der Waals surface area contributed by atoms with Crippen molar-refractivity contribution in [1.29, 1.82) is 0 Å². The molecular weight excluding hydrogens is 643 g/mol. The molecule has 189 valence electrons. The molecule has 0 saturated heterocycles. The molecule has 0 N–H and O–H groups in total. The molecule has 1 radical (unpaired) electrons. The smallest absolute Gasteiger partial charge is 0.418 e. The quantitative estimate of drug-likeness (QED) is 0.0871. The predicted octanol–water partition coefficient (Wildman–Crippen LogP) is 8.38. The van der Waals surface area contributed by atoms with Crippen molar-refractivity contribution in [2.75, 3.05) is 0 Å². The van der Waals surface area contributed by atoms with Crippen molar-refractivity contribution in [3.63, 3.8) is 0 Å². The number of halogens is 8. The van der Waals surface area contributed by atoms with Gasteiger partial charge in [-0.1, -0.05) is 24.3 Å². The summed E-state index contributed by atoms with van der Waals surface area (Å²) in [5.74, 6) is -7.01. The van der Waals surface area contributed by atoms with E-state index in [1.54, 1.807) is 24.3 Å². The molecular formula is C24H24BF8Ir-. The van der Waals surface area contributed by atoms with Crippen LogP contribution in [0.2, 0.25) is 0 Å². The Morgan fingerprint density at radius 1 is 0.471 bits per heavy atom. The summed E-state index contributed by atoms with van der Waals surface area (Å²) in [4.78, 5) is 0. The SMILES string of the molecule is Cc1c(C)c(C)c(C)c(C)c1C.F[B-](F)(F)F.Fc1c(F)c(F)c2c(c1F)C1C=CC2C=C1.[Ir]. The van der Waals surface area contributed by atoms with Crippen LogP contribution in [-0.4, -0.2) is 7.25 Å². The van der Waals surface area contributed by atoms with Crippen molar-refractivity contribution in [1.82, 2.24) is 0 Å². The summed E-state index contributed by atoms with van der Waals surface area (Å²) in [5, 5.41) is 0. The molecule has 0 nitrogen and oxygen atoms in total. The molecule has 2 bridgehead atoms. The minimum atomic E-state index is -6.00. The second kappa shape index (κ2) is 11.2. The molecule has 2 aromatic rings. The maximum absolute atomic E-state index is 13.5. The topological polar surface area (TPSA) is 0 Å². The summed E-state index contributed by atoms with van der Waals surface area (Å²) < 4.78 is 92.2. The van der Waals surface area contributed by atoms with E-state index in [1.165, 1.54) is 33.4 Å². The van der Waals surface area contributed by atoms with E-state index in [0.717, 1.165) is 0 Å². The maximum Gasteiger partial charge on any atom is 0.673 e. The Morgan fingerprint density at radius 3 is 0.824 bits per heavy atom. The largest absolute Gasteiger partial charge is 0.673 e. The molecule has 0 atom stereocenters. The Labute approximate surface area is 207 Å². The van der Waals surface area contributed by atoms with Crippen LogP contribution in [0.25, 0.3) is 0 Å². The minimum Gasteiger partial charge on any atom is -0.418 e. The first kappa shape index (κ1) is 30.1. The van der Waals surface area contributed by atoms with Crippen LogP contribution in [0.15, 0.2) is 24.3 Å². The van der Waals surface area contributed by atoms with Gasteiger partial charge in [-0.25, -0.2) is 17.6 Å². The molecule has 10 heteroatoms. The van der Waals surface area contributed by atoms with Gasteiger partial charge in [0.1, 0.15) is 0 Å². The van der Waals surface area contributed by atoms with Gasteiger partial charge in [-0.3, -0.25) is 0 Å². The molecule has 0 amide bonds. The summed E-state index contributed by atoms with van der Waals surface area (Å²) in [5.41, 5.74) is 8.57. The van der Waals surface area contributed by atoms with Gasteiger partial charge in [-0.15, -0.1) is 0 Å². The molecule has 5 rings (SSSR count).